The van der Waals surface area contributed by atoms with Crippen molar-refractivity contribution in [3.05, 3.63) is 0 Å². The molecule has 0 aromatic carbocycles. The van der Waals surface area contributed by atoms with Crippen molar-refractivity contribution >= 4 is 0 Å². The maximum Gasteiger partial charge on any atom is 0.157 e. The molecule has 2 saturated heterocycles. The highest BCUT2D eigenvalue weighted by atomic mass is 16.7. The van der Waals surface area contributed by atoms with Gasteiger partial charge in [0.15, 0.2) is 6.29 Å². The molecular weight excluding hydrogens is 304 g/mol. The summed E-state index contributed by atoms with van der Waals surface area (Å²) in [7, 11) is 0. The summed E-state index contributed by atoms with van der Waals surface area (Å²) in [4.78, 5) is 0. The quantitative estimate of drug-likeness (QED) is 0.342. The Morgan fingerprint density at radius 1 is 0.750 bits per heavy atom. The molecule has 2 heterocycles. The molecule has 0 aromatic heterocycles. The molecule has 2 aliphatic rings. The van der Waals surface area contributed by atoms with E-state index < -0.39 is 0 Å². The van der Waals surface area contributed by atoms with Crippen LogP contribution in [0.25, 0.3) is 0 Å². The smallest absolute Gasteiger partial charge is 0.157 e. The zero-order valence-electron chi connectivity index (χ0n) is 16.1. The zero-order chi connectivity index (χ0) is 17.3. The first kappa shape index (κ1) is 20.2. The molecule has 4 heteroatoms. The lowest BCUT2D eigenvalue weighted by molar-refractivity contribution is -0.236. The van der Waals surface area contributed by atoms with Gasteiger partial charge in [0, 0.05) is 10.8 Å². The minimum atomic E-state index is -0.0697. The van der Waals surface area contributed by atoms with Crippen LogP contribution in [0.3, 0.4) is 0 Å². The van der Waals surface area contributed by atoms with Crippen molar-refractivity contribution in [2.24, 2.45) is 10.8 Å². The van der Waals surface area contributed by atoms with Crippen LogP contribution in [-0.2, 0) is 18.9 Å². The molecule has 0 N–H and O–H groups in total. The fourth-order valence-electron chi connectivity index (χ4n) is 3.23. The minimum Gasteiger partial charge on any atom is -0.380 e. The first-order valence-corrected chi connectivity index (χ1v) is 10.1. The number of hydrogen-bond acceptors (Lipinski definition) is 4. The van der Waals surface area contributed by atoms with Gasteiger partial charge in [-0.1, -0.05) is 46.5 Å². The average molecular weight is 343 g/mol. The molecule has 2 rings (SSSR count). The van der Waals surface area contributed by atoms with Gasteiger partial charge in [-0.05, 0) is 25.7 Å². The first-order valence-electron chi connectivity index (χ1n) is 10.1. The van der Waals surface area contributed by atoms with E-state index in [0.29, 0.717) is 0 Å². The molecule has 0 radical (unpaired) electrons. The molecule has 0 unspecified atom stereocenters. The maximum absolute atomic E-state index is 6.21. The number of hydrogen-bond donors (Lipinski definition) is 0. The maximum atomic E-state index is 6.21. The van der Waals surface area contributed by atoms with Gasteiger partial charge in [-0.15, -0.1) is 0 Å². The molecule has 0 aromatic rings. The Bertz CT molecular complexity index is 300. The van der Waals surface area contributed by atoms with Gasteiger partial charge in [0.2, 0.25) is 0 Å². The lowest BCUT2D eigenvalue weighted by Gasteiger charge is -2.43. The van der Waals surface area contributed by atoms with E-state index in [4.69, 9.17) is 18.9 Å². The molecule has 2 fully saturated rings. The molecule has 0 spiro atoms. The van der Waals surface area contributed by atoms with Crippen LogP contribution in [0.15, 0.2) is 0 Å². The number of ether oxygens (including phenoxy) is 4. The third-order valence-corrected chi connectivity index (χ3v) is 5.83. The van der Waals surface area contributed by atoms with Gasteiger partial charge >= 0.3 is 0 Å². The Balaban J connectivity index is 1.74. The average Bonchev–Trinajstić information content (AvgIpc) is 2.52. The second-order valence-electron chi connectivity index (χ2n) is 7.95. The molecule has 2 aliphatic heterocycles. The molecule has 24 heavy (non-hydrogen) atoms. The first-order chi connectivity index (χ1) is 11.7. The van der Waals surface area contributed by atoms with Gasteiger partial charge in [0.05, 0.1) is 39.6 Å². The molecule has 0 bridgehead atoms. The highest BCUT2D eigenvalue weighted by Gasteiger charge is 2.39. The summed E-state index contributed by atoms with van der Waals surface area (Å²) in [5.74, 6) is 0. The number of rotatable bonds is 14. The summed E-state index contributed by atoms with van der Waals surface area (Å²) < 4.78 is 23.2. The highest BCUT2D eigenvalue weighted by Crippen LogP contribution is 2.34. The van der Waals surface area contributed by atoms with Crippen molar-refractivity contribution < 1.29 is 18.9 Å². The molecule has 142 valence electrons. The van der Waals surface area contributed by atoms with Crippen LogP contribution in [0, 0.1) is 10.8 Å². The van der Waals surface area contributed by atoms with E-state index >= 15 is 0 Å². The van der Waals surface area contributed by atoms with Crippen molar-refractivity contribution in [3.8, 4) is 0 Å². The lowest BCUT2D eigenvalue weighted by atomic mass is 9.84. The largest absolute Gasteiger partial charge is 0.380 e. The summed E-state index contributed by atoms with van der Waals surface area (Å²) in [6.07, 6.45) is 9.57. The van der Waals surface area contributed by atoms with Crippen LogP contribution < -0.4 is 0 Å². The van der Waals surface area contributed by atoms with Crippen molar-refractivity contribution in [1.29, 1.82) is 0 Å². The van der Waals surface area contributed by atoms with Crippen LogP contribution in [0.5, 0.6) is 0 Å². The third kappa shape index (κ3) is 5.69. The van der Waals surface area contributed by atoms with Crippen LogP contribution in [0.4, 0.5) is 0 Å². The van der Waals surface area contributed by atoms with Crippen LogP contribution in [-0.4, -0.2) is 45.9 Å². The van der Waals surface area contributed by atoms with E-state index in [-0.39, 0.29) is 17.1 Å². The Morgan fingerprint density at radius 2 is 1.25 bits per heavy atom. The van der Waals surface area contributed by atoms with Gasteiger partial charge in [-0.25, -0.2) is 0 Å². The summed E-state index contributed by atoms with van der Waals surface area (Å²) in [6, 6.07) is 0. The Hall–Kier alpha value is -0.160. The van der Waals surface area contributed by atoms with Gasteiger partial charge in [-0.3, -0.25) is 0 Å². The second-order valence-corrected chi connectivity index (χ2v) is 7.95. The third-order valence-electron chi connectivity index (χ3n) is 5.83. The van der Waals surface area contributed by atoms with Gasteiger partial charge < -0.3 is 18.9 Å². The van der Waals surface area contributed by atoms with Crippen molar-refractivity contribution in [1.82, 2.24) is 0 Å². The van der Waals surface area contributed by atoms with E-state index in [1.54, 1.807) is 0 Å². The molecule has 4 nitrogen and oxygen atoms in total. The van der Waals surface area contributed by atoms with E-state index in [9.17, 15) is 0 Å². The normalized spacial score (nSPS) is 21.5. The van der Waals surface area contributed by atoms with Crippen LogP contribution in [0.2, 0.25) is 0 Å². The van der Waals surface area contributed by atoms with E-state index in [1.807, 2.05) is 0 Å². The summed E-state index contributed by atoms with van der Waals surface area (Å²) in [6.45, 7) is 11.6. The second kappa shape index (κ2) is 10.1. The highest BCUT2D eigenvalue weighted by molar-refractivity contribution is 4.85. The summed E-state index contributed by atoms with van der Waals surface area (Å²) >= 11 is 0. The van der Waals surface area contributed by atoms with E-state index in [0.717, 1.165) is 58.9 Å². The monoisotopic (exact) mass is 342 g/mol. The van der Waals surface area contributed by atoms with Crippen molar-refractivity contribution in [2.75, 3.05) is 39.6 Å². The fraction of sp³-hybridized carbons (Fsp3) is 1.00. The SMILES string of the molecule is CCCCCCCC(OCC1(CC)COC1)OCC1(CC)COC1. The predicted octanol–water partition coefficient (Wildman–Crippen LogP) is 4.56. The molecule has 0 atom stereocenters. The topological polar surface area (TPSA) is 36.9 Å². The van der Waals surface area contributed by atoms with Gasteiger partial charge in [0.1, 0.15) is 0 Å². The molecule has 0 amide bonds. The fourth-order valence-corrected chi connectivity index (χ4v) is 3.23. The summed E-state index contributed by atoms with van der Waals surface area (Å²) in [5, 5.41) is 0. The zero-order valence-corrected chi connectivity index (χ0v) is 16.1. The Morgan fingerprint density at radius 3 is 1.62 bits per heavy atom. The van der Waals surface area contributed by atoms with Crippen LogP contribution in [0.1, 0.15) is 72.1 Å². The minimum absolute atomic E-state index is 0.0697. The Labute approximate surface area is 148 Å². The number of unbranched alkanes of at least 4 members (excludes halogenated alkanes) is 4. The van der Waals surface area contributed by atoms with E-state index in [2.05, 4.69) is 20.8 Å². The predicted molar refractivity (Wildman–Crippen MR) is 96.2 cm³/mol. The van der Waals surface area contributed by atoms with Crippen molar-refractivity contribution in [2.45, 2.75) is 78.4 Å². The summed E-state index contributed by atoms with van der Waals surface area (Å²) in [5.41, 5.74) is 0.456. The van der Waals surface area contributed by atoms with Gasteiger partial charge in [-0.2, -0.15) is 0 Å². The standard InChI is InChI=1S/C20H38O4/c1-4-7-8-9-10-11-18(23-16-19(5-2)12-21-13-19)24-17-20(6-3)14-22-15-20/h18H,4-17H2,1-3H3. The molecular formula is C20H38O4. The van der Waals surface area contributed by atoms with Crippen molar-refractivity contribution in [3.63, 3.8) is 0 Å². The van der Waals surface area contributed by atoms with Gasteiger partial charge in [0.25, 0.3) is 0 Å². The molecule has 0 aliphatic carbocycles. The lowest BCUT2D eigenvalue weighted by Crippen LogP contribution is -2.48. The van der Waals surface area contributed by atoms with Crippen LogP contribution >= 0.6 is 0 Å². The molecule has 0 saturated carbocycles. The van der Waals surface area contributed by atoms with E-state index in [1.165, 1.54) is 32.1 Å². The Kier molecular flexibility index (Phi) is 8.48.